The molecule has 0 amide bonds. The zero-order valence-electron chi connectivity index (χ0n) is 11.0. The van der Waals surface area contributed by atoms with Crippen LogP contribution in [0, 0.1) is 6.92 Å². The van der Waals surface area contributed by atoms with Gasteiger partial charge in [0.05, 0.1) is 0 Å². The van der Waals surface area contributed by atoms with Crippen molar-refractivity contribution in [3.63, 3.8) is 0 Å². The minimum Gasteiger partial charge on any atom is -0.296 e. The smallest absolute Gasteiger partial charge is 0.0453 e. The molecular weight excluding hydrogens is 310 g/mol. The van der Waals surface area contributed by atoms with Crippen molar-refractivity contribution in [3.05, 3.63) is 34.3 Å². The number of aryl methyl sites for hydroxylation is 1. The highest BCUT2D eigenvalue weighted by Crippen LogP contribution is 2.28. The lowest BCUT2D eigenvalue weighted by Gasteiger charge is -2.37. The maximum atomic E-state index is 6.34. The van der Waals surface area contributed by atoms with Crippen LogP contribution >= 0.6 is 27.5 Å². The molecular formula is C15H21BrClN. The number of alkyl halides is 1. The third kappa shape index (κ3) is 3.72. The molecule has 1 saturated carbocycles. The Hall–Kier alpha value is -0.0500. The molecule has 1 aromatic rings. The summed E-state index contributed by atoms with van der Waals surface area (Å²) in [5.41, 5.74) is 2.50. The SMILES string of the molecule is Cc1ccc(CN(CCCBr)C2CCC2)c(Cl)c1. The van der Waals surface area contributed by atoms with Crippen LogP contribution in [0.3, 0.4) is 0 Å². The third-order valence-electron chi connectivity index (χ3n) is 3.75. The van der Waals surface area contributed by atoms with Crippen LogP contribution < -0.4 is 0 Å². The Labute approximate surface area is 124 Å². The zero-order chi connectivity index (χ0) is 13.0. The molecule has 0 N–H and O–H groups in total. The maximum Gasteiger partial charge on any atom is 0.0453 e. The Morgan fingerprint density at radius 3 is 2.72 bits per heavy atom. The van der Waals surface area contributed by atoms with E-state index in [2.05, 4.69) is 46.0 Å². The average Bonchev–Trinajstić information content (AvgIpc) is 2.27. The van der Waals surface area contributed by atoms with Gasteiger partial charge in [-0.15, -0.1) is 0 Å². The van der Waals surface area contributed by atoms with Crippen LogP contribution in [0.5, 0.6) is 0 Å². The largest absolute Gasteiger partial charge is 0.296 e. The van der Waals surface area contributed by atoms with Crippen LogP contribution in [-0.4, -0.2) is 22.8 Å². The molecule has 0 unspecified atom stereocenters. The van der Waals surface area contributed by atoms with E-state index in [1.807, 2.05) is 0 Å². The summed E-state index contributed by atoms with van der Waals surface area (Å²) in [7, 11) is 0. The summed E-state index contributed by atoms with van der Waals surface area (Å²) >= 11 is 9.86. The first-order valence-electron chi connectivity index (χ1n) is 6.75. The molecule has 1 fully saturated rings. The molecule has 0 aromatic heterocycles. The third-order valence-corrected chi connectivity index (χ3v) is 4.66. The number of halogens is 2. The van der Waals surface area contributed by atoms with Crippen LogP contribution in [0.4, 0.5) is 0 Å². The normalized spacial score (nSPS) is 16.0. The second kappa shape index (κ2) is 6.93. The monoisotopic (exact) mass is 329 g/mol. The van der Waals surface area contributed by atoms with Crippen molar-refractivity contribution in [2.45, 2.75) is 45.2 Å². The number of hydrogen-bond donors (Lipinski definition) is 0. The Bertz CT molecular complexity index is 390. The maximum absolute atomic E-state index is 6.34. The van der Waals surface area contributed by atoms with Gasteiger partial charge in [-0.05, 0) is 49.9 Å². The van der Waals surface area contributed by atoms with Gasteiger partial charge in [-0.1, -0.05) is 46.1 Å². The van der Waals surface area contributed by atoms with Crippen molar-refractivity contribution in [2.75, 3.05) is 11.9 Å². The summed E-state index contributed by atoms with van der Waals surface area (Å²) < 4.78 is 0. The minimum atomic E-state index is 0.779. The summed E-state index contributed by atoms with van der Waals surface area (Å²) in [6.07, 6.45) is 5.30. The first kappa shape index (κ1) is 14.4. The minimum absolute atomic E-state index is 0.779. The highest BCUT2D eigenvalue weighted by atomic mass is 79.9. The van der Waals surface area contributed by atoms with Crippen LogP contribution in [0.1, 0.15) is 36.8 Å². The molecule has 0 heterocycles. The molecule has 0 bridgehead atoms. The zero-order valence-corrected chi connectivity index (χ0v) is 13.3. The summed E-state index contributed by atoms with van der Waals surface area (Å²) in [5.74, 6) is 0. The van der Waals surface area contributed by atoms with Crippen molar-refractivity contribution >= 4 is 27.5 Å². The van der Waals surface area contributed by atoms with Gasteiger partial charge in [-0.25, -0.2) is 0 Å². The van der Waals surface area contributed by atoms with E-state index < -0.39 is 0 Å². The number of hydrogen-bond acceptors (Lipinski definition) is 1. The van der Waals surface area contributed by atoms with E-state index in [0.717, 1.165) is 22.9 Å². The molecule has 1 nitrogen and oxygen atoms in total. The molecule has 3 heteroatoms. The van der Waals surface area contributed by atoms with Gasteiger partial charge in [0.25, 0.3) is 0 Å². The second-order valence-electron chi connectivity index (χ2n) is 5.19. The fourth-order valence-corrected chi connectivity index (χ4v) is 2.95. The lowest BCUT2D eigenvalue weighted by Crippen LogP contribution is -2.40. The van der Waals surface area contributed by atoms with Gasteiger partial charge in [0, 0.05) is 22.9 Å². The predicted octanol–water partition coefficient (Wildman–Crippen LogP) is 4.79. The van der Waals surface area contributed by atoms with Crippen molar-refractivity contribution in [3.8, 4) is 0 Å². The first-order chi connectivity index (χ1) is 8.70. The Morgan fingerprint density at radius 1 is 1.39 bits per heavy atom. The molecule has 1 aliphatic rings. The molecule has 0 radical (unpaired) electrons. The summed E-state index contributed by atoms with van der Waals surface area (Å²) in [4.78, 5) is 2.60. The van der Waals surface area contributed by atoms with E-state index in [-0.39, 0.29) is 0 Å². The van der Waals surface area contributed by atoms with Gasteiger partial charge >= 0.3 is 0 Å². The molecule has 1 aliphatic carbocycles. The van der Waals surface area contributed by atoms with Crippen LogP contribution in [0.25, 0.3) is 0 Å². The van der Waals surface area contributed by atoms with E-state index in [1.165, 1.54) is 43.4 Å². The molecule has 0 aliphatic heterocycles. The highest BCUT2D eigenvalue weighted by molar-refractivity contribution is 9.09. The standard InChI is InChI=1S/C15H21BrClN/c1-12-6-7-13(15(17)10-12)11-18(9-3-8-16)14-4-2-5-14/h6-7,10,14H,2-5,8-9,11H2,1H3. The topological polar surface area (TPSA) is 3.24 Å². The molecule has 0 atom stereocenters. The summed E-state index contributed by atoms with van der Waals surface area (Å²) in [6.45, 7) is 4.25. The van der Waals surface area contributed by atoms with Gasteiger partial charge in [0.1, 0.15) is 0 Å². The number of benzene rings is 1. The Kier molecular flexibility index (Phi) is 5.53. The number of nitrogens with zero attached hydrogens (tertiary/aromatic N) is 1. The van der Waals surface area contributed by atoms with E-state index in [1.54, 1.807) is 0 Å². The molecule has 0 spiro atoms. The van der Waals surface area contributed by atoms with Crippen LogP contribution in [0.15, 0.2) is 18.2 Å². The van der Waals surface area contributed by atoms with Gasteiger partial charge in [0.2, 0.25) is 0 Å². The van der Waals surface area contributed by atoms with Crippen LogP contribution in [0.2, 0.25) is 5.02 Å². The Morgan fingerprint density at radius 2 is 2.17 bits per heavy atom. The molecule has 1 aromatic carbocycles. The second-order valence-corrected chi connectivity index (χ2v) is 6.39. The van der Waals surface area contributed by atoms with Gasteiger partial charge in [0.15, 0.2) is 0 Å². The lowest BCUT2D eigenvalue weighted by molar-refractivity contribution is 0.120. The van der Waals surface area contributed by atoms with E-state index in [9.17, 15) is 0 Å². The number of rotatable bonds is 6. The average molecular weight is 331 g/mol. The van der Waals surface area contributed by atoms with Crippen molar-refractivity contribution in [2.24, 2.45) is 0 Å². The molecule has 2 rings (SSSR count). The lowest BCUT2D eigenvalue weighted by atomic mass is 9.91. The molecule has 18 heavy (non-hydrogen) atoms. The van der Waals surface area contributed by atoms with Crippen molar-refractivity contribution in [1.29, 1.82) is 0 Å². The molecule has 0 saturated heterocycles. The van der Waals surface area contributed by atoms with Gasteiger partial charge < -0.3 is 0 Å². The van der Waals surface area contributed by atoms with Gasteiger partial charge in [-0.2, -0.15) is 0 Å². The predicted molar refractivity (Wildman–Crippen MR) is 82.6 cm³/mol. The van der Waals surface area contributed by atoms with E-state index >= 15 is 0 Å². The van der Waals surface area contributed by atoms with Crippen LogP contribution in [-0.2, 0) is 6.54 Å². The van der Waals surface area contributed by atoms with Crippen molar-refractivity contribution < 1.29 is 0 Å². The van der Waals surface area contributed by atoms with Crippen molar-refractivity contribution in [1.82, 2.24) is 4.90 Å². The highest BCUT2D eigenvalue weighted by Gasteiger charge is 2.24. The molecule has 100 valence electrons. The van der Waals surface area contributed by atoms with E-state index in [0.29, 0.717) is 0 Å². The first-order valence-corrected chi connectivity index (χ1v) is 8.25. The Balaban J connectivity index is 2.02. The fraction of sp³-hybridized carbons (Fsp3) is 0.600. The summed E-state index contributed by atoms with van der Waals surface area (Å²) in [5, 5.41) is 2.00. The quantitative estimate of drug-likeness (QED) is 0.678. The summed E-state index contributed by atoms with van der Waals surface area (Å²) in [6, 6.07) is 7.18. The van der Waals surface area contributed by atoms with Gasteiger partial charge in [-0.3, -0.25) is 4.90 Å². The van der Waals surface area contributed by atoms with E-state index in [4.69, 9.17) is 11.6 Å². The fourth-order valence-electron chi connectivity index (χ4n) is 2.40.